The first-order valence-corrected chi connectivity index (χ1v) is 7.59. The summed E-state index contributed by atoms with van der Waals surface area (Å²) in [4.78, 5) is 30.0. The third kappa shape index (κ3) is 3.23. The van der Waals surface area contributed by atoms with Gasteiger partial charge in [0.25, 0.3) is 11.8 Å². The zero-order chi connectivity index (χ0) is 16.4. The Labute approximate surface area is 134 Å². The lowest BCUT2D eigenvalue weighted by atomic mass is 9.93. The molecule has 2 aromatic heterocycles. The maximum absolute atomic E-state index is 12.5. The van der Waals surface area contributed by atoms with E-state index in [1.54, 1.807) is 36.3 Å². The first-order chi connectivity index (χ1) is 11.0. The summed E-state index contributed by atoms with van der Waals surface area (Å²) in [5.74, 6) is -0.441. The molecule has 1 aliphatic heterocycles. The predicted molar refractivity (Wildman–Crippen MR) is 83.8 cm³/mol. The van der Waals surface area contributed by atoms with E-state index < -0.39 is 5.91 Å². The summed E-state index contributed by atoms with van der Waals surface area (Å²) in [5.41, 5.74) is 6.95. The zero-order valence-corrected chi connectivity index (χ0v) is 13.0. The number of hydrogen-bond donors (Lipinski definition) is 1. The molecule has 7 heteroatoms. The molecule has 1 fully saturated rings. The van der Waals surface area contributed by atoms with Gasteiger partial charge in [-0.2, -0.15) is 5.10 Å². The van der Waals surface area contributed by atoms with Gasteiger partial charge in [0.05, 0.1) is 11.8 Å². The van der Waals surface area contributed by atoms with E-state index in [2.05, 4.69) is 10.1 Å². The van der Waals surface area contributed by atoms with E-state index in [0.717, 1.165) is 25.1 Å². The van der Waals surface area contributed by atoms with Crippen LogP contribution in [0.15, 0.2) is 30.6 Å². The number of piperidine rings is 1. The van der Waals surface area contributed by atoms with Crippen LogP contribution in [-0.2, 0) is 7.05 Å². The lowest BCUT2D eigenvalue weighted by molar-refractivity contribution is 0.0705. The van der Waals surface area contributed by atoms with E-state index in [9.17, 15) is 9.59 Å². The number of pyridine rings is 1. The van der Waals surface area contributed by atoms with Crippen molar-refractivity contribution < 1.29 is 9.59 Å². The fourth-order valence-electron chi connectivity index (χ4n) is 2.93. The predicted octanol–water partition coefficient (Wildman–Crippen LogP) is 0.934. The van der Waals surface area contributed by atoms with Crippen LogP contribution in [0.2, 0.25) is 0 Å². The van der Waals surface area contributed by atoms with Crippen LogP contribution in [0.1, 0.15) is 45.3 Å². The van der Waals surface area contributed by atoms with Crippen LogP contribution < -0.4 is 5.73 Å². The molecular formula is C16H19N5O2. The van der Waals surface area contributed by atoms with Crippen LogP contribution in [0.4, 0.5) is 0 Å². The van der Waals surface area contributed by atoms with Crippen molar-refractivity contribution in [2.45, 2.75) is 18.8 Å². The minimum Gasteiger partial charge on any atom is -0.364 e. The SMILES string of the molecule is Cn1cc(C(=O)N2CCC[C@H](c3cccc(C(N)=O)n3)C2)cn1. The van der Waals surface area contributed by atoms with Crippen LogP contribution in [0, 0.1) is 0 Å². The van der Waals surface area contributed by atoms with E-state index in [1.807, 2.05) is 11.0 Å². The quantitative estimate of drug-likeness (QED) is 0.912. The number of nitrogens with zero attached hydrogens (tertiary/aromatic N) is 4. The molecular weight excluding hydrogens is 294 g/mol. The molecule has 2 N–H and O–H groups in total. The Morgan fingerprint density at radius 2 is 2.17 bits per heavy atom. The monoisotopic (exact) mass is 313 g/mol. The molecule has 2 aromatic rings. The van der Waals surface area contributed by atoms with Crippen LogP contribution >= 0.6 is 0 Å². The summed E-state index contributed by atoms with van der Waals surface area (Å²) in [5, 5.41) is 4.05. The van der Waals surface area contributed by atoms with Crippen LogP contribution in [0.3, 0.4) is 0 Å². The van der Waals surface area contributed by atoms with Gasteiger partial charge in [0, 0.05) is 37.9 Å². The molecule has 0 radical (unpaired) electrons. The summed E-state index contributed by atoms with van der Waals surface area (Å²) in [6, 6.07) is 5.27. The summed E-state index contributed by atoms with van der Waals surface area (Å²) in [6.45, 7) is 1.31. The van der Waals surface area contributed by atoms with Gasteiger partial charge in [-0.3, -0.25) is 14.3 Å². The van der Waals surface area contributed by atoms with Crippen molar-refractivity contribution in [1.29, 1.82) is 0 Å². The summed E-state index contributed by atoms with van der Waals surface area (Å²) in [6.07, 6.45) is 5.14. The second-order valence-corrected chi connectivity index (χ2v) is 5.80. The Morgan fingerprint density at radius 3 is 2.87 bits per heavy atom. The van der Waals surface area contributed by atoms with E-state index in [0.29, 0.717) is 12.1 Å². The van der Waals surface area contributed by atoms with E-state index in [1.165, 1.54) is 0 Å². The number of likely N-dealkylation sites (tertiary alicyclic amines) is 1. The Kier molecular flexibility index (Phi) is 4.10. The Bertz CT molecular complexity index is 740. The van der Waals surface area contributed by atoms with Crippen molar-refractivity contribution in [3.8, 4) is 0 Å². The highest BCUT2D eigenvalue weighted by atomic mass is 16.2. The van der Waals surface area contributed by atoms with Gasteiger partial charge >= 0.3 is 0 Å². The van der Waals surface area contributed by atoms with Gasteiger partial charge in [0.2, 0.25) is 0 Å². The lowest BCUT2D eigenvalue weighted by Crippen LogP contribution is -2.39. The number of nitrogens with two attached hydrogens (primary N) is 1. The molecule has 23 heavy (non-hydrogen) atoms. The Hall–Kier alpha value is -2.70. The molecule has 1 saturated heterocycles. The molecule has 2 amide bonds. The molecule has 7 nitrogen and oxygen atoms in total. The summed E-state index contributed by atoms with van der Waals surface area (Å²) < 4.78 is 1.62. The molecule has 1 aliphatic rings. The second kappa shape index (κ2) is 6.20. The normalized spacial score (nSPS) is 18.0. The molecule has 0 saturated carbocycles. The minimum absolute atomic E-state index is 0.0196. The van der Waals surface area contributed by atoms with Crippen molar-refractivity contribution in [3.63, 3.8) is 0 Å². The molecule has 120 valence electrons. The summed E-state index contributed by atoms with van der Waals surface area (Å²) in [7, 11) is 1.79. The first kappa shape index (κ1) is 15.2. The highest BCUT2D eigenvalue weighted by Gasteiger charge is 2.27. The van der Waals surface area contributed by atoms with Crippen molar-refractivity contribution in [2.24, 2.45) is 12.8 Å². The van der Waals surface area contributed by atoms with Gasteiger partial charge < -0.3 is 10.6 Å². The fraction of sp³-hybridized carbons (Fsp3) is 0.375. The number of hydrogen-bond acceptors (Lipinski definition) is 4. The van der Waals surface area contributed by atoms with Crippen LogP contribution in [0.25, 0.3) is 0 Å². The highest BCUT2D eigenvalue weighted by Crippen LogP contribution is 2.26. The molecule has 0 spiro atoms. The van der Waals surface area contributed by atoms with Gasteiger partial charge in [-0.05, 0) is 25.0 Å². The number of amides is 2. The second-order valence-electron chi connectivity index (χ2n) is 5.80. The van der Waals surface area contributed by atoms with Gasteiger partial charge in [0.15, 0.2) is 0 Å². The number of carbonyl (C=O) groups is 2. The van der Waals surface area contributed by atoms with Crippen LogP contribution in [0.5, 0.6) is 0 Å². The van der Waals surface area contributed by atoms with Gasteiger partial charge in [-0.25, -0.2) is 4.98 Å². The molecule has 0 unspecified atom stereocenters. The number of aromatic nitrogens is 3. The third-order valence-corrected chi connectivity index (χ3v) is 4.10. The smallest absolute Gasteiger partial charge is 0.267 e. The molecule has 1 atom stereocenters. The van der Waals surface area contributed by atoms with Crippen LogP contribution in [-0.4, -0.2) is 44.6 Å². The topological polar surface area (TPSA) is 94.1 Å². The summed E-state index contributed by atoms with van der Waals surface area (Å²) >= 11 is 0. The maximum atomic E-state index is 12.5. The van der Waals surface area contributed by atoms with Gasteiger partial charge in [0.1, 0.15) is 5.69 Å². The van der Waals surface area contributed by atoms with E-state index in [-0.39, 0.29) is 17.5 Å². The highest BCUT2D eigenvalue weighted by molar-refractivity contribution is 5.94. The number of aryl methyl sites for hydroxylation is 1. The minimum atomic E-state index is -0.536. The average molecular weight is 313 g/mol. The Balaban J connectivity index is 1.77. The Morgan fingerprint density at radius 1 is 1.35 bits per heavy atom. The van der Waals surface area contributed by atoms with Gasteiger partial charge in [-0.1, -0.05) is 6.07 Å². The largest absolute Gasteiger partial charge is 0.364 e. The molecule has 0 aromatic carbocycles. The lowest BCUT2D eigenvalue weighted by Gasteiger charge is -2.32. The van der Waals surface area contributed by atoms with E-state index in [4.69, 9.17) is 5.73 Å². The molecule has 3 heterocycles. The molecule has 0 aliphatic carbocycles. The van der Waals surface area contributed by atoms with Crippen molar-refractivity contribution in [3.05, 3.63) is 47.5 Å². The molecule has 3 rings (SSSR count). The first-order valence-electron chi connectivity index (χ1n) is 7.59. The van der Waals surface area contributed by atoms with Gasteiger partial charge in [-0.15, -0.1) is 0 Å². The zero-order valence-electron chi connectivity index (χ0n) is 13.0. The number of primary amides is 1. The number of carbonyl (C=O) groups excluding carboxylic acids is 2. The molecule has 0 bridgehead atoms. The van der Waals surface area contributed by atoms with Crippen molar-refractivity contribution in [1.82, 2.24) is 19.7 Å². The van der Waals surface area contributed by atoms with E-state index >= 15 is 0 Å². The van der Waals surface area contributed by atoms with Crippen molar-refractivity contribution in [2.75, 3.05) is 13.1 Å². The third-order valence-electron chi connectivity index (χ3n) is 4.10. The average Bonchev–Trinajstić information content (AvgIpc) is 3.01. The standard InChI is InChI=1S/C16H19N5O2/c1-20-9-12(8-18-20)16(23)21-7-3-4-11(10-21)13-5-2-6-14(19-13)15(17)22/h2,5-6,8-9,11H,3-4,7,10H2,1H3,(H2,17,22)/t11-/m0/s1. The maximum Gasteiger partial charge on any atom is 0.267 e. The fourth-order valence-corrected chi connectivity index (χ4v) is 2.93. The van der Waals surface area contributed by atoms with Crippen molar-refractivity contribution >= 4 is 11.8 Å². The number of rotatable bonds is 3.